The molecular weight excluding hydrogens is 404 g/mol. The van der Waals surface area contributed by atoms with Crippen molar-refractivity contribution in [1.82, 2.24) is 4.31 Å². The van der Waals surface area contributed by atoms with Gasteiger partial charge in [-0.25, -0.2) is 0 Å². The molecule has 1 aliphatic heterocycles. The molecule has 0 bridgehead atoms. The van der Waals surface area contributed by atoms with E-state index in [-0.39, 0.29) is 0 Å². The molecule has 5 nitrogen and oxygen atoms in total. The van der Waals surface area contributed by atoms with Gasteiger partial charge in [0.05, 0.1) is 18.5 Å². The van der Waals surface area contributed by atoms with Gasteiger partial charge in [0.25, 0.3) is 0 Å². The van der Waals surface area contributed by atoms with Crippen molar-refractivity contribution in [2.45, 2.75) is 4.90 Å². The van der Waals surface area contributed by atoms with Crippen molar-refractivity contribution in [3.8, 4) is 5.75 Å². The maximum Gasteiger partial charge on any atom is 0.120 e. The van der Waals surface area contributed by atoms with Crippen LogP contribution in [0.2, 0.25) is 0 Å². The molecule has 0 aliphatic carbocycles. The second-order valence-electron chi connectivity index (χ2n) is 7.75. The summed E-state index contributed by atoms with van der Waals surface area (Å²) in [5.41, 5.74) is 4.72. The highest BCUT2D eigenvalue weighted by atomic mass is 32.2. The number of nitrogens with one attached hydrogen (secondary N) is 1. The summed E-state index contributed by atoms with van der Waals surface area (Å²) in [7, 11) is 5.83. The first-order chi connectivity index (χ1) is 15.1. The summed E-state index contributed by atoms with van der Waals surface area (Å²) in [6, 6.07) is 25.5. The summed E-state index contributed by atoms with van der Waals surface area (Å²) in [6.07, 6.45) is 0. The van der Waals surface area contributed by atoms with Gasteiger partial charge in [0, 0.05) is 48.5 Å². The monoisotopic (exact) mass is 434 g/mol. The molecule has 0 spiro atoms. The zero-order valence-electron chi connectivity index (χ0n) is 18.4. The molecule has 1 fully saturated rings. The summed E-state index contributed by atoms with van der Waals surface area (Å²) in [6.45, 7) is 3.93. The molecular formula is C25H30N4OS. The molecule has 3 aromatic carbocycles. The first-order valence-electron chi connectivity index (χ1n) is 10.6. The normalized spacial score (nSPS) is 14.1. The standard InChI is InChI=1S/C25H30N4OS/c1-27(2)31-23-13-11-20(12-14-23)26-24-9-4-5-10-25(24)29-17-15-28(16-18-29)21-7-6-8-22(19-21)30-3/h4-14,19,26H,15-18H2,1-3H3. The van der Waals surface area contributed by atoms with Crippen LogP contribution in [0.5, 0.6) is 5.75 Å². The van der Waals surface area contributed by atoms with Crippen molar-refractivity contribution < 1.29 is 4.74 Å². The van der Waals surface area contributed by atoms with Gasteiger partial charge in [0.2, 0.25) is 0 Å². The smallest absolute Gasteiger partial charge is 0.120 e. The fraction of sp³-hybridized carbons (Fsp3) is 0.280. The number of para-hydroxylation sites is 2. The summed E-state index contributed by atoms with van der Waals surface area (Å²) in [4.78, 5) is 6.13. The van der Waals surface area contributed by atoms with E-state index >= 15 is 0 Å². The van der Waals surface area contributed by atoms with E-state index in [1.807, 2.05) is 6.07 Å². The van der Waals surface area contributed by atoms with Crippen molar-refractivity contribution in [2.24, 2.45) is 0 Å². The molecule has 0 aromatic heterocycles. The van der Waals surface area contributed by atoms with Crippen molar-refractivity contribution in [3.63, 3.8) is 0 Å². The average Bonchev–Trinajstić information content (AvgIpc) is 2.80. The van der Waals surface area contributed by atoms with Crippen LogP contribution in [-0.2, 0) is 0 Å². The Kier molecular flexibility index (Phi) is 6.89. The Hall–Kier alpha value is -2.83. The third kappa shape index (κ3) is 5.46. The minimum atomic E-state index is 0.907. The van der Waals surface area contributed by atoms with Crippen LogP contribution in [-0.4, -0.2) is 51.7 Å². The summed E-state index contributed by atoms with van der Waals surface area (Å²) >= 11 is 1.72. The van der Waals surface area contributed by atoms with E-state index in [1.54, 1.807) is 19.1 Å². The van der Waals surface area contributed by atoms with Gasteiger partial charge in [0.15, 0.2) is 0 Å². The van der Waals surface area contributed by atoms with Crippen LogP contribution in [0.1, 0.15) is 0 Å². The van der Waals surface area contributed by atoms with Crippen molar-refractivity contribution in [1.29, 1.82) is 0 Å². The number of anilines is 4. The minimum absolute atomic E-state index is 0.907. The Morgan fingerprint density at radius 1 is 0.839 bits per heavy atom. The molecule has 0 radical (unpaired) electrons. The van der Waals surface area contributed by atoms with Crippen LogP contribution in [0.15, 0.2) is 77.7 Å². The average molecular weight is 435 g/mol. The van der Waals surface area contributed by atoms with E-state index in [1.165, 1.54) is 16.3 Å². The molecule has 4 rings (SSSR count). The Bertz CT molecular complexity index is 985. The second-order valence-corrected chi connectivity index (χ2v) is 9.13. The summed E-state index contributed by atoms with van der Waals surface area (Å²) < 4.78 is 7.49. The van der Waals surface area contributed by atoms with Crippen LogP contribution in [0.25, 0.3) is 0 Å². The van der Waals surface area contributed by atoms with Gasteiger partial charge in [-0.1, -0.05) is 18.2 Å². The highest BCUT2D eigenvalue weighted by Gasteiger charge is 2.19. The molecule has 1 N–H and O–H groups in total. The Labute approximate surface area is 189 Å². The number of hydrogen-bond acceptors (Lipinski definition) is 6. The fourth-order valence-corrected chi connectivity index (χ4v) is 4.51. The summed E-state index contributed by atoms with van der Waals surface area (Å²) in [5, 5.41) is 3.61. The van der Waals surface area contributed by atoms with Gasteiger partial charge in [-0.2, -0.15) is 0 Å². The van der Waals surface area contributed by atoms with E-state index in [2.05, 4.69) is 100 Å². The zero-order chi connectivity index (χ0) is 21.6. The van der Waals surface area contributed by atoms with Crippen LogP contribution in [0, 0.1) is 0 Å². The number of piperazine rings is 1. The third-order valence-electron chi connectivity index (χ3n) is 5.36. The number of nitrogens with zero attached hydrogens (tertiary/aromatic N) is 3. The van der Waals surface area contributed by atoms with E-state index in [9.17, 15) is 0 Å². The van der Waals surface area contributed by atoms with Crippen molar-refractivity contribution >= 4 is 34.7 Å². The lowest BCUT2D eigenvalue weighted by atomic mass is 10.2. The number of methoxy groups -OCH3 is 1. The molecule has 0 unspecified atom stereocenters. The van der Waals surface area contributed by atoms with E-state index in [0.29, 0.717) is 0 Å². The Morgan fingerprint density at radius 3 is 2.26 bits per heavy atom. The highest BCUT2D eigenvalue weighted by molar-refractivity contribution is 7.97. The van der Waals surface area contributed by atoms with Crippen molar-refractivity contribution in [3.05, 3.63) is 72.8 Å². The predicted octanol–water partition coefficient (Wildman–Crippen LogP) is 5.33. The first kappa shape index (κ1) is 21.4. The van der Waals surface area contributed by atoms with Crippen LogP contribution >= 0.6 is 11.9 Å². The molecule has 1 aliphatic rings. The molecule has 6 heteroatoms. The Balaban J connectivity index is 1.43. The quantitative estimate of drug-likeness (QED) is 0.506. The van der Waals surface area contributed by atoms with Crippen LogP contribution < -0.4 is 19.9 Å². The van der Waals surface area contributed by atoms with E-state index < -0.39 is 0 Å². The maximum absolute atomic E-state index is 5.39. The van der Waals surface area contributed by atoms with Crippen molar-refractivity contribution in [2.75, 3.05) is 62.5 Å². The first-order valence-corrected chi connectivity index (χ1v) is 11.3. The SMILES string of the molecule is COc1cccc(N2CCN(c3ccccc3Nc3ccc(SN(C)C)cc3)CC2)c1. The zero-order valence-corrected chi connectivity index (χ0v) is 19.2. The second kappa shape index (κ2) is 9.98. The van der Waals surface area contributed by atoms with Crippen LogP contribution in [0.4, 0.5) is 22.7 Å². The van der Waals surface area contributed by atoms with Gasteiger partial charge in [-0.05, 0) is 74.6 Å². The highest BCUT2D eigenvalue weighted by Crippen LogP contribution is 2.31. The topological polar surface area (TPSA) is 31.0 Å². The molecule has 0 saturated carbocycles. The van der Waals surface area contributed by atoms with Gasteiger partial charge < -0.3 is 19.9 Å². The van der Waals surface area contributed by atoms with Gasteiger partial charge >= 0.3 is 0 Å². The Morgan fingerprint density at radius 2 is 1.55 bits per heavy atom. The summed E-state index contributed by atoms with van der Waals surface area (Å²) in [5.74, 6) is 0.907. The largest absolute Gasteiger partial charge is 0.497 e. The van der Waals surface area contributed by atoms with E-state index in [4.69, 9.17) is 4.74 Å². The third-order valence-corrected chi connectivity index (χ3v) is 6.21. The number of hydrogen-bond donors (Lipinski definition) is 1. The maximum atomic E-state index is 5.39. The number of benzene rings is 3. The molecule has 1 saturated heterocycles. The molecule has 31 heavy (non-hydrogen) atoms. The minimum Gasteiger partial charge on any atom is -0.497 e. The van der Waals surface area contributed by atoms with Gasteiger partial charge in [-0.3, -0.25) is 4.31 Å². The van der Waals surface area contributed by atoms with Crippen LogP contribution in [0.3, 0.4) is 0 Å². The lowest BCUT2D eigenvalue weighted by molar-refractivity contribution is 0.414. The molecule has 162 valence electrons. The van der Waals surface area contributed by atoms with E-state index in [0.717, 1.165) is 43.3 Å². The molecule has 0 amide bonds. The van der Waals surface area contributed by atoms with Gasteiger partial charge in [0.1, 0.15) is 5.75 Å². The number of rotatable bonds is 7. The lowest BCUT2D eigenvalue weighted by Crippen LogP contribution is -2.46. The predicted molar refractivity (Wildman–Crippen MR) is 133 cm³/mol. The molecule has 3 aromatic rings. The van der Waals surface area contributed by atoms with Gasteiger partial charge in [-0.15, -0.1) is 0 Å². The fourth-order valence-electron chi connectivity index (χ4n) is 3.83. The lowest BCUT2D eigenvalue weighted by Gasteiger charge is -2.38. The number of ether oxygens (including phenoxy) is 1. The molecule has 1 heterocycles. The molecule has 0 atom stereocenters.